The summed E-state index contributed by atoms with van der Waals surface area (Å²) in [5.41, 5.74) is 0.444. The number of rotatable bonds is 1. The molecule has 1 rings (SSSR count). The average Bonchev–Trinajstić information content (AvgIpc) is 2.17. The first-order valence-electron chi connectivity index (χ1n) is 3.36. The van der Waals surface area contributed by atoms with E-state index in [4.69, 9.17) is 15.3 Å². The van der Waals surface area contributed by atoms with Crippen molar-refractivity contribution in [3.8, 4) is 17.4 Å². The monoisotopic (exact) mass is 157 g/mol. The minimum absolute atomic E-state index is 0.0433. The van der Waals surface area contributed by atoms with Gasteiger partial charge in [-0.3, -0.25) is 0 Å². The second kappa shape index (κ2) is 2.38. The first kappa shape index (κ1) is 7.78. The van der Waals surface area contributed by atoms with Crippen molar-refractivity contribution in [1.29, 1.82) is 0 Å². The van der Waals surface area contributed by atoms with E-state index in [-0.39, 0.29) is 17.5 Å². The molecule has 0 amide bonds. The fourth-order valence-electron chi connectivity index (χ4n) is 0.903. The van der Waals surface area contributed by atoms with Crippen molar-refractivity contribution >= 4 is 0 Å². The lowest BCUT2D eigenvalue weighted by atomic mass is 10.1. The van der Waals surface area contributed by atoms with Crippen LogP contribution in [0.1, 0.15) is 25.5 Å². The quantitative estimate of drug-likeness (QED) is 0.495. The number of aromatic nitrogens is 1. The molecule has 1 aromatic rings. The summed E-state index contributed by atoms with van der Waals surface area (Å²) in [6.45, 7) is 3.68. The van der Waals surface area contributed by atoms with Crippen molar-refractivity contribution in [3.63, 3.8) is 0 Å². The number of aromatic amines is 1. The summed E-state index contributed by atoms with van der Waals surface area (Å²) in [7, 11) is 0. The topological polar surface area (TPSA) is 76.5 Å². The van der Waals surface area contributed by atoms with E-state index in [2.05, 4.69) is 4.98 Å². The molecule has 1 heterocycles. The fourth-order valence-corrected chi connectivity index (χ4v) is 0.903. The van der Waals surface area contributed by atoms with Crippen LogP contribution < -0.4 is 0 Å². The molecule has 0 aliphatic carbocycles. The molecule has 1 aromatic heterocycles. The van der Waals surface area contributed by atoms with Crippen LogP contribution in [0.5, 0.6) is 17.4 Å². The van der Waals surface area contributed by atoms with Crippen molar-refractivity contribution in [2.75, 3.05) is 0 Å². The van der Waals surface area contributed by atoms with E-state index in [9.17, 15) is 0 Å². The summed E-state index contributed by atoms with van der Waals surface area (Å²) in [6.07, 6.45) is 0. The summed E-state index contributed by atoms with van der Waals surface area (Å²) >= 11 is 0. The van der Waals surface area contributed by atoms with Gasteiger partial charge in [0.1, 0.15) is 0 Å². The molecule has 0 radical (unpaired) electrons. The maximum absolute atomic E-state index is 9.15. The number of nitrogens with one attached hydrogen (secondary N) is 1. The molecule has 0 unspecified atom stereocenters. The smallest absolute Gasteiger partial charge is 0.236 e. The van der Waals surface area contributed by atoms with Crippen molar-refractivity contribution in [3.05, 3.63) is 5.69 Å². The van der Waals surface area contributed by atoms with E-state index in [0.29, 0.717) is 5.69 Å². The van der Waals surface area contributed by atoms with Gasteiger partial charge in [0.2, 0.25) is 11.6 Å². The Morgan fingerprint density at radius 2 is 1.64 bits per heavy atom. The second-order valence-corrected chi connectivity index (χ2v) is 2.74. The molecule has 0 aromatic carbocycles. The van der Waals surface area contributed by atoms with Gasteiger partial charge in [0.05, 0.1) is 5.69 Å². The third-order valence-corrected chi connectivity index (χ3v) is 1.53. The van der Waals surface area contributed by atoms with Crippen LogP contribution in [0.3, 0.4) is 0 Å². The Bertz CT molecular complexity index is 265. The van der Waals surface area contributed by atoms with E-state index >= 15 is 0 Å². The number of hydrogen-bond acceptors (Lipinski definition) is 3. The third kappa shape index (κ3) is 1.11. The first-order chi connectivity index (χ1) is 5.04. The molecule has 0 spiro atoms. The highest BCUT2D eigenvalue weighted by molar-refractivity contribution is 5.50. The van der Waals surface area contributed by atoms with Gasteiger partial charge in [0.15, 0.2) is 5.75 Å². The summed E-state index contributed by atoms with van der Waals surface area (Å²) in [5, 5.41) is 27.0. The third-order valence-electron chi connectivity index (χ3n) is 1.53. The zero-order valence-corrected chi connectivity index (χ0v) is 6.42. The van der Waals surface area contributed by atoms with Crippen LogP contribution in [0.2, 0.25) is 0 Å². The predicted molar refractivity (Wildman–Crippen MR) is 39.9 cm³/mol. The van der Waals surface area contributed by atoms with E-state index in [0.717, 1.165) is 0 Å². The molecule has 0 saturated carbocycles. The van der Waals surface area contributed by atoms with Crippen molar-refractivity contribution in [1.82, 2.24) is 4.98 Å². The number of aromatic hydroxyl groups is 3. The zero-order chi connectivity index (χ0) is 8.59. The van der Waals surface area contributed by atoms with Gasteiger partial charge in [-0.15, -0.1) is 0 Å². The van der Waals surface area contributed by atoms with Crippen LogP contribution in [-0.2, 0) is 0 Å². The molecule has 62 valence electrons. The van der Waals surface area contributed by atoms with Crippen LogP contribution in [0.4, 0.5) is 0 Å². The zero-order valence-electron chi connectivity index (χ0n) is 6.42. The van der Waals surface area contributed by atoms with Gasteiger partial charge in [-0.1, -0.05) is 13.8 Å². The molecule has 4 nitrogen and oxygen atoms in total. The Morgan fingerprint density at radius 1 is 1.09 bits per heavy atom. The van der Waals surface area contributed by atoms with E-state index in [1.807, 2.05) is 13.8 Å². The number of H-pyrrole nitrogens is 1. The first-order valence-corrected chi connectivity index (χ1v) is 3.36. The normalized spacial score (nSPS) is 10.8. The highest BCUT2D eigenvalue weighted by Gasteiger charge is 2.16. The minimum Gasteiger partial charge on any atom is -0.503 e. The van der Waals surface area contributed by atoms with E-state index in [1.54, 1.807) is 0 Å². The largest absolute Gasteiger partial charge is 0.503 e. The lowest BCUT2D eigenvalue weighted by molar-refractivity contribution is 0.370. The molecule has 4 heteroatoms. The van der Waals surface area contributed by atoms with Gasteiger partial charge in [-0.25, -0.2) is 0 Å². The van der Waals surface area contributed by atoms with E-state index in [1.165, 1.54) is 0 Å². The maximum Gasteiger partial charge on any atom is 0.236 e. The van der Waals surface area contributed by atoms with Crippen molar-refractivity contribution in [2.24, 2.45) is 0 Å². The summed E-state index contributed by atoms with van der Waals surface area (Å²) in [4.78, 5) is 2.47. The molecule has 0 saturated heterocycles. The molecular formula is C7H11NO3. The SMILES string of the molecule is CC(C)c1[nH]c(O)c(O)c1O. The number of hydrogen-bond donors (Lipinski definition) is 4. The van der Waals surface area contributed by atoms with Crippen molar-refractivity contribution < 1.29 is 15.3 Å². The average molecular weight is 157 g/mol. The van der Waals surface area contributed by atoms with Crippen LogP contribution in [-0.4, -0.2) is 20.3 Å². The molecular weight excluding hydrogens is 146 g/mol. The maximum atomic E-state index is 9.15. The van der Waals surface area contributed by atoms with Crippen LogP contribution >= 0.6 is 0 Å². The van der Waals surface area contributed by atoms with Crippen LogP contribution in [0.25, 0.3) is 0 Å². The Kier molecular flexibility index (Phi) is 1.68. The highest BCUT2D eigenvalue weighted by atomic mass is 16.3. The Hall–Kier alpha value is -1.32. The summed E-state index contributed by atoms with van der Waals surface area (Å²) in [5.74, 6) is -1.08. The molecule has 0 atom stereocenters. The van der Waals surface area contributed by atoms with Gasteiger partial charge >= 0.3 is 0 Å². The molecule has 0 bridgehead atoms. The lowest BCUT2D eigenvalue weighted by Gasteiger charge is -2.00. The Labute approximate surface area is 64.1 Å². The van der Waals surface area contributed by atoms with Gasteiger partial charge in [-0.05, 0) is 5.92 Å². The summed E-state index contributed by atoms with van der Waals surface area (Å²) in [6, 6.07) is 0. The Balaban J connectivity index is 3.19. The molecule has 0 aliphatic heterocycles. The fraction of sp³-hybridized carbons (Fsp3) is 0.429. The summed E-state index contributed by atoms with van der Waals surface area (Å²) < 4.78 is 0. The van der Waals surface area contributed by atoms with Crippen molar-refractivity contribution in [2.45, 2.75) is 19.8 Å². The Morgan fingerprint density at radius 3 is 1.82 bits per heavy atom. The molecule has 0 fully saturated rings. The highest BCUT2D eigenvalue weighted by Crippen LogP contribution is 2.40. The molecule has 0 aliphatic rings. The van der Waals surface area contributed by atoms with Crippen LogP contribution in [0, 0.1) is 0 Å². The van der Waals surface area contributed by atoms with Gasteiger partial charge < -0.3 is 20.3 Å². The molecule has 4 N–H and O–H groups in total. The van der Waals surface area contributed by atoms with Gasteiger partial charge in [0, 0.05) is 0 Å². The molecule has 11 heavy (non-hydrogen) atoms. The lowest BCUT2D eigenvalue weighted by Crippen LogP contribution is -1.86. The van der Waals surface area contributed by atoms with Crippen LogP contribution in [0.15, 0.2) is 0 Å². The van der Waals surface area contributed by atoms with Gasteiger partial charge in [-0.2, -0.15) is 0 Å². The standard InChI is InChI=1S/C7H11NO3/c1-3(2)4-5(9)6(10)7(11)8-4/h3,8-11H,1-2H3. The van der Waals surface area contributed by atoms with Gasteiger partial charge in [0.25, 0.3) is 0 Å². The van der Waals surface area contributed by atoms with E-state index < -0.39 is 5.75 Å². The second-order valence-electron chi connectivity index (χ2n) is 2.74. The predicted octanol–water partition coefficient (Wildman–Crippen LogP) is 1.25. The minimum atomic E-state index is -0.478.